The van der Waals surface area contributed by atoms with Gasteiger partial charge in [0.25, 0.3) is 0 Å². The average Bonchev–Trinajstić information content (AvgIpc) is 2.62. The monoisotopic (exact) mass is 317 g/mol. The first-order chi connectivity index (χ1) is 11.2. The maximum Gasteiger partial charge on any atom is 0.225 e. The lowest BCUT2D eigenvalue weighted by atomic mass is 9.98. The van der Waals surface area contributed by atoms with Gasteiger partial charge in [0.1, 0.15) is 0 Å². The van der Waals surface area contributed by atoms with Gasteiger partial charge < -0.3 is 14.7 Å². The minimum Gasteiger partial charge on any atom is -0.339 e. The highest BCUT2D eigenvalue weighted by Crippen LogP contribution is 2.20. The van der Waals surface area contributed by atoms with Crippen LogP contribution in [0.25, 0.3) is 0 Å². The molecule has 126 valence electrons. The molecule has 0 saturated carbocycles. The van der Waals surface area contributed by atoms with Crippen molar-refractivity contribution in [3.8, 4) is 0 Å². The van der Waals surface area contributed by atoms with Gasteiger partial charge in [-0.25, -0.2) is 9.97 Å². The van der Waals surface area contributed by atoms with E-state index in [0.717, 1.165) is 38.5 Å². The maximum atomic E-state index is 12.4. The summed E-state index contributed by atoms with van der Waals surface area (Å²) in [5, 5.41) is 0. The predicted octanol–water partition coefficient (Wildman–Crippen LogP) is 1.39. The van der Waals surface area contributed by atoms with Crippen molar-refractivity contribution in [2.24, 2.45) is 0 Å². The van der Waals surface area contributed by atoms with Crippen LogP contribution in [0.2, 0.25) is 0 Å². The number of aromatic nitrogens is 2. The summed E-state index contributed by atoms with van der Waals surface area (Å²) in [7, 11) is 2.19. The molecule has 0 unspecified atom stereocenters. The van der Waals surface area contributed by atoms with Crippen molar-refractivity contribution in [2.75, 3.05) is 44.7 Å². The highest BCUT2D eigenvalue weighted by Gasteiger charge is 2.24. The van der Waals surface area contributed by atoms with Gasteiger partial charge in [-0.15, -0.1) is 0 Å². The van der Waals surface area contributed by atoms with Gasteiger partial charge in [0, 0.05) is 51.0 Å². The zero-order valence-electron chi connectivity index (χ0n) is 14.0. The third kappa shape index (κ3) is 4.19. The van der Waals surface area contributed by atoms with E-state index in [1.807, 2.05) is 11.0 Å². The SMILES string of the molecule is CN1CCCC[C@H]1CCC(=O)N1CCN(c2ncccn2)CC1. The quantitative estimate of drug-likeness (QED) is 0.840. The number of carbonyl (C=O) groups is 1. The number of carbonyl (C=O) groups excluding carboxylic acids is 1. The smallest absolute Gasteiger partial charge is 0.225 e. The van der Waals surface area contributed by atoms with Crippen LogP contribution in [0.4, 0.5) is 5.95 Å². The molecule has 3 rings (SSSR count). The Morgan fingerprint density at radius 2 is 1.87 bits per heavy atom. The van der Waals surface area contributed by atoms with E-state index in [1.54, 1.807) is 12.4 Å². The molecule has 6 nitrogen and oxygen atoms in total. The highest BCUT2D eigenvalue weighted by molar-refractivity contribution is 5.76. The second kappa shape index (κ2) is 7.73. The van der Waals surface area contributed by atoms with Gasteiger partial charge in [0.15, 0.2) is 0 Å². The fraction of sp³-hybridized carbons (Fsp3) is 0.706. The van der Waals surface area contributed by atoms with Gasteiger partial charge in [0.05, 0.1) is 0 Å². The Bertz CT molecular complexity index is 501. The third-order valence-electron chi connectivity index (χ3n) is 5.08. The number of hydrogen-bond donors (Lipinski definition) is 0. The Morgan fingerprint density at radius 1 is 1.13 bits per heavy atom. The topological polar surface area (TPSA) is 52.6 Å². The van der Waals surface area contributed by atoms with Crippen LogP contribution in [-0.2, 0) is 4.79 Å². The first kappa shape index (κ1) is 16.2. The minimum absolute atomic E-state index is 0.303. The molecule has 1 amide bonds. The van der Waals surface area contributed by atoms with Crippen LogP contribution in [0.15, 0.2) is 18.5 Å². The number of amides is 1. The van der Waals surface area contributed by atoms with Gasteiger partial charge in [-0.1, -0.05) is 6.42 Å². The predicted molar refractivity (Wildman–Crippen MR) is 90.3 cm³/mol. The normalized spacial score (nSPS) is 23.1. The maximum absolute atomic E-state index is 12.4. The molecule has 6 heteroatoms. The molecular formula is C17H27N5O. The molecule has 0 bridgehead atoms. The molecule has 2 fully saturated rings. The number of nitrogens with zero attached hydrogens (tertiary/aromatic N) is 5. The number of likely N-dealkylation sites (tertiary alicyclic amines) is 1. The van der Waals surface area contributed by atoms with Crippen molar-refractivity contribution < 1.29 is 4.79 Å². The summed E-state index contributed by atoms with van der Waals surface area (Å²) < 4.78 is 0. The molecule has 0 aromatic carbocycles. The molecule has 2 aliphatic heterocycles. The fourth-order valence-electron chi connectivity index (χ4n) is 3.57. The number of piperazine rings is 1. The van der Waals surface area contributed by atoms with E-state index in [4.69, 9.17) is 0 Å². The lowest BCUT2D eigenvalue weighted by molar-refractivity contribution is -0.131. The van der Waals surface area contributed by atoms with Crippen molar-refractivity contribution in [3.63, 3.8) is 0 Å². The van der Waals surface area contributed by atoms with Gasteiger partial charge >= 0.3 is 0 Å². The van der Waals surface area contributed by atoms with Crippen LogP contribution < -0.4 is 4.90 Å². The zero-order valence-corrected chi connectivity index (χ0v) is 14.0. The van der Waals surface area contributed by atoms with Crippen LogP contribution in [0.3, 0.4) is 0 Å². The Kier molecular flexibility index (Phi) is 5.43. The van der Waals surface area contributed by atoms with Crippen molar-refractivity contribution >= 4 is 11.9 Å². The highest BCUT2D eigenvalue weighted by atomic mass is 16.2. The number of hydrogen-bond acceptors (Lipinski definition) is 5. The molecule has 23 heavy (non-hydrogen) atoms. The summed E-state index contributed by atoms with van der Waals surface area (Å²) in [6, 6.07) is 2.41. The van der Waals surface area contributed by atoms with E-state index in [2.05, 4.69) is 26.8 Å². The Hall–Kier alpha value is -1.69. The molecule has 1 aromatic rings. The summed E-state index contributed by atoms with van der Waals surface area (Å²) in [6.45, 7) is 4.36. The molecule has 0 N–H and O–H groups in total. The van der Waals surface area contributed by atoms with Gasteiger partial charge in [-0.3, -0.25) is 4.79 Å². The van der Waals surface area contributed by atoms with E-state index in [1.165, 1.54) is 25.8 Å². The number of piperidine rings is 1. The zero-order chi connectivity index (χ0) is 16.1. The van der Waals surface area contributed by atoms with Crippen LogP contribution in [0.1, 0.15) is 32.1 Å². The standard InChI is InChI=1S/C17H27N5O/c1-20-10-3-2-5-15(20)6-7-16(23)21-11-13-22(14-12-21)17-18-8-4-9-19-17/h4,8-9,15H,2-3,5-7,10-14H2,1H3/t15-/m0/s1. The molecule has 0 radical (unpaired) electrons. The van der Waals surface area contributed by atoms with E-state index < -0.39 is 0 Å². The summed E-state index contributed by atoms with van der Waals surface area (Å²) in [4.78, 5) is 27.6. The molecule has 3 heterocycles. The molecule has 0 aliphatic carbocycles. The molecule has 1 atom stereocenters. The lowest BCUT2D eigenvalue weighted by Crippen LogP contribution is -2.49. The molecule has 1 aromatic heterocycles. The van der Waals surface area contributed by atoms with Crippen molar-refractivity contribution in [1.29, 1.82) is 0 Å². The molecule has 2 saturated heterocycles. The van der Waals surface area contributed by atoms with Gasteiger partial charge in [0.2, 0.25) is 11.9 Å². The summed E-state index contributed by atoms with van der Waals surface area (Å²) >= 11 is 0. The van der Waals surface area contributed by atoms with Crippen LogP contribution in [0.5, 0.6) is 0 Å². The Balaban J connectivity index is 1.43. The van der Waals surface area contributed by atoms with Crippen LogP contribution >= 0.6 is 0 Å². The molecule has 2 aliphatic rings. The van der Waals surface area contributed by atoms with E-state index in [9.17, 15) is 4.79 Å². The Morgan fingerprint density at radius 3 is 2.57 bits per heavy atom. The summed E-state index contributed by atoms with van der Waals surface area (Å²) in [6.07, 6.45) is 9.04. The minimum atomic E-state index is 0.303. The van der Waals surface area contributed by atoms with Crippen LogP contribution in [0, 0.1) is 0 Å². The van der Waals surface area contributed by atoms with Crippen molar-refractivity contribution in [3.05, 3.63) is 18.5 Å². The number of anilines is 1. The van der Waals surface area contributed by atoms with Crippen LogP contribution in [-0.4, -0.2) is 71.5 Å². The average molecular weight is 317 g/mol. The summed E-state index contributed by atoms with van der Waals surface area (Å²) in [5.74, 6) is 1.07. The first-order valence-corrected chi connectivity index (χ1v) is 8.74. The third-order valence-corrected chi connectivity index (χ3v) is 5.08. The Labute approximate surface area is 138 Å². The van der Waals surface area contributed by atoms with Gasteiger partial charge in [-0.2, -0.15) is 0 Å². The lowest BCUT2D eigenvalue weighted by Gasteiger charge is -2.36. The van der Waals surface area contributed by atoms with Gasteiger partial charge in [-0.05, 0) is 38.9 Å². The van der Waals surface area contributed by atoms with E-state index in [-0.39, 0.29) is 0 Å². The van der Waals surface area contributed by atoms with Crippen molar-refractivity contribution in [2.45, 2.75) is 38.1 Å². The second-order valence-electron chi connectivity index (χ2n) is 6.59. The fourth-order valence-corrected chi connectivity index (χ4v) is 3.57. The number of rotatable bonds is 4. The van der Waals surface area contributed by atoms with E-state index >= 15 is 0 Å². The molecule has 0 spiro atoms. The summed E-state index contributed by atoms with van der Waals surface area (Å²) in [5.41, 5.74) is 0. The first-order valence-electron chi connectivity index (χ1n) is 8.74. The second-order valence-corrected chi connectivity index (χ2v) is 6.59. The molecular weight excluding hydrogens is 290 g/mol. The van der Waals surface area contributed by atoms with E-state index in [0.29, 0.717) is 18.4 Å². The van der Waals surface area contributed by atoms with Crippen molar-refractivity contribution in [1.82, 2.24) is 19.8 Å². The largest absolute Gasteiger partial charge is 0.339 e.